The zero-order valence-corrected chi connectivity index (χ0v) is 18.9. The van der Waals surface area contributed by atoms with Crippen molar-refractivity contribution in [3.63, 3.8) is 0 Å². The molecule has 0 saturated heterocycles. The molecule has 0 heterocycles. The number of hydrogen-bond acceptors (Lipinski definition) is 0. The first-order valence-electron chi connectivity index (χ1n) is 8.54. The number of benzene rings is 3. The summed E-state index contributed by atoms with van der Waals surface area (Å²) in [5, 5.41) is 5.23. The molecule has 0 aliphatic rings. The molecule has 0 amide bonds. The molecular weight excluding hydrogens is 467 g/mol. The van der Waals surface area contributed by atoms with Gasteiger partial charge in [0.05, 0.1) is 6.16 Å². The standard InChI is InChI=1S/C23H23BrP.BrH/c1-20(19-24)17-18-25(21-11-5-2-6-12-21,22-13-7-3-8-14-22)23-15-9-4-10-16-23;/h2-17H,18-19H2,1H3;1H/q+1;/p-1. The first kappa shape index (κ1) is 21.1. The van der Waals surface area contributed by atoms with Crippen LogP contribution in [-0.4, -0.2) is 11.5 Å². The minimum atomic E-state index is -1.72. The summed E-state index contributed by atoms with van der Waals surface area (Å²) < 4.78 is 0. The van der Waals surface area contributed by atoms with Crippen LogP contribution in [0.3, 0.4) is 0 Å². The van der Waals surface area contributed by atoms with Crippen molar-refractivity contribution in [1.29, 1.82) is 0 Å². The normalized spacial score (nSPS) is 11.7. The van der Waals surface area contributed by atoms with Gasteiger partial charge in [-0.05, 0) is 49.4 Å². The third-order valence-electron chi connectivity index (χ3n) is 4.52. The van der Waals surface area contributed by atoms with Gasteiger partial charge in [0.2, 0.25) is 0 Å². The lowest BCUT2D eigenvalue weighted by Gasteiger charge is -2.26. The van der Waals surface area contributed by atoms with Crippen molar-refractivity contribution >= 4 is 39.1 Å². The first-order chi connectivity index (χ1) is 12.3. The van der Waals surface area contributed by atoms with Crippen LogP contribution >= 0.6 is 23.2 Å². The highest BCUT2D eigenvalue weighted by atomic mass is 79.9. The van der Waals surface area contributed by atoms with Crippen molar-refractivity contribution in [2.45, 2.75) is 6.92 Å². The molecule has 134 valence electrons. The van der Waals surface area contributed by atoms with Gasteiger partial charge < -0.3 is 17.0 Å². The fourth-order valence-corrected chi connectivity index (χ4v) is 7.54. The lowest BCUT2D eigenvalue weighted by Crippen LogP contribution is -3.00. The van der Waals surface area contributed by atoms with E-state index in [1.165, 1.54) is 21.5 Å². The third kappa shape index (κ3) is 4.55. The van der Waals surface area contributed by atoms with Crippen molar-refractivity contribution in [2.75, 3.05) is 11.5 Å². The van der Waals surface area contributed by atoms with Crippen molar-refractivity contribution in [1.82, 2.24) is 0 Å². The van der Waals surface area contributed by atoms with E-state index in [1.807, 2.05) is 0 Å². The van der Waals surface area contributed by atoms with Gasteiger partial charge in [-0.3, -0.25) is 0 Å². The Bertz CT molecular complexity index is 718. The highest BCUT2D eigenvalue weighted by Crippen LogP contribution is 2.55. The molecule has 0 nitrogen and oxygen atoms in total. The molecule has 0 bridgehead atoms. The zero-order valence-electron chi connectivity index (χ0n) is 14.9. The van der Waals surface area contributed by atoms with Crippen LogP contribution in [0.25, 0.3) is 0 Å². The van der Waals surface area contributed by atoms with Gasteiger partial charge in [-0.1, -0.05) is 76.1 Å². The van der Waals surface area contributed by atoms with Gasteiger partial charge in [-0.15, -0.1) is 0 Å². The molecule has 3 rings (SSSR count). The largest absolute Gasteiger partial charge is 1.00 e. The molecule has 26 heavy (non-hydrogen) atoms. The van der Waals surface area contributed by atoms with Crippen molar-refractivity contribution in [3.05, 3.63) is 103 Å². The zero-order chi connectivity index (χ0) is 17.5. The van der Waals surface area contributed by atoms with E-state index in [9.17, 15) is 0 Å². The minimum absolute atomic E-state index is 0. The molecule has 3 heteroatoms. The smallest absolute Gasteiger partial charge is 0.115 e. The molecule has 0 unspecified atom stereocenters. The predicted molar refractivity (Wildman–Crippen MR) is 118 cm³/mol. The van der Waals surface area contributed by atoms with E-state index in [-0.39, 0.29) is 17.0 Å². The number of alkyl halides is 1. The van der Waals surface area contributed by atoms with Gasteiger partial charge in [-0.25, -0.2) is 0 Å². The molecule has 3 aromatic rings. The van der Waals surface area contributed by atoms with E-state index in [0.29, 0.717) is 0 Å². The molecule has 0 N–H and O–H groups in total. The van der Waals surface area contributed by atoms with E-state index in [4.69, 9.17) is 0 Å². The Labute approximate surface area is 176 Å². The first-order valence-corrected chi connectivity index (χ1v) is 11.6. The number of halogens is 2. The Balaban J connectivity index is 0.00000243. The van der Waals surface area contributed by atoms with Crippen LogP contribution in [0, 0.1) is 0 Å². The van der Waals surface area contributed by atoms with Gasteiger partial charge in [0, 0.05) is 5.33 Å². The Kier molecular flexibility index (Phi) is 8.28. The molecule has 0 atom stereocenters. The summed E-state index contributed by atoms with van der Waals surface area (Å²) in [4.78, 5) is 0. The average Bonchev–Trinajstić information content (AvgIpc) is 2.71. The van der Waals surface area contributed by atoms with Crippen LogP contribution in [0.4, 0.5) is 0 Å². The Hall–Kier alpha value is -1.21. The molecule has 0 aliphatic heterocycles. The number of allylic oxidation sites excluding steroid dienone is 2. The van der Waals surface area contributed by atoms with Crippen LogP contribution in [0.2, 0.25) is 0 Å². The van der Waals surface area contributed by atoms with E-state index in [0.717, 1.165) is 11.5 Å². The van der Waals surface area contributed by atoms with Crippen LogP contribution in [0.5, 0.6) is 0 Å². The molecule has 0 saturated carbocycles. The van der Waals surface area contributed by atoms with Crippen LogP contribution in [0.15, 0.2) is 103 Å². The Morgan fingerprint density at radius 3 is 1.38 bits per heavy atom. The molecule has 0 aromatic heterocycles. The molecule has 0 fully saturated rings. The number of hydrogen-bond donors (Lipinski definition) is 0. The lowest BCUT2D eigenvalue weighted by molar-refractivity contribution is -0.00000484. The summed E-state index contributed by atoms with van der Waals surface area (Å²) in [6.45, 7) is 2.20. The van der Waals surface area contributed by atoms with Gasteiger partial charge >= 0.3 is 0 Å². The summed E-state index contributed by atoms with van der Waals surface area (Å²) in [5.74, 6) is 0. The predicted octanol–water partition coefficient (Wildman–Crippen LogP) is 2.33. The molecule has 3 aromatic carbocycles. The maximum atomic E-state index is 3.60. The van der Waals surface area contributed by atoms with Gasteiger partial charge in [0.15, 0.2) is 0 Å². The summed E-state index contributed by atoms with van der Waals surface area (Å²) in [6, 6.07) is 33.1. The summed E-state index contributed by atoms with van der Waals surface area (Å²) in [7, 11) is -1.72. The van der Waals surface area contributed by atoms with Crippen molar-refractivity contribution in [2.24, 2.45) is 0 Å². The monoisotopic (exact) mass is 488 g/mol. The van der Waals surface area contributed by atoms with Gasteiger partial charge in [0.25, 0.3) is 0 Å². The highest BCUT2D eigenvalue weighted by molar-refractivity contribution is 9.09. The second kappa shape index (κ2) is 10.2. The van der Waals surface area contributed by atoms with Crippen LogP contribution in [-0.2, 0) is 0 Å². The van der Waals surface area contributed by atoms with Gasteiger partial charge in [0.1, 0.15) is 23.2 Å². The Morgan fingerprint density at radius 2 is 1.08 bits per heavy atom. The van der Waals surface area contributed by atoms with E-state index in [1.54, 1.807) is 0 Å². The fourth-order valence-electron chi connectivity index (χ4n) is 3.16. The van der Waals surface area contributed by atoms with E-state index < -0.39 is 7.26 Å². The summed E-state index contributed by atoms with van der Waals surface area (Å²) >= 11 is 3.60. The molecule has 0 aliphatic carbocycles. The SMILES string of the molecule is CC(=CC[P+](c1ccccc1)(c1ccccc1)c1ccccc1)CBr.[Br-]. The molecular formula is C23H23Br2P. The maximum Gasteiger partial charge on any atom is 0.115 e. The summed E-state index contributed by atoms with van der Waals surface area (Å²) in [6.07, 6.45) is 3.46. The van der Waals surface area contributed by atoms with E-state index in [2.05, 4.69) is 120 Å². The highest BCUT2D eigenvalue weighted by Gasteiger charge is 2.44. The number of rotatable bonds is 6. The van der Waals surface area contributed by atoms with Gasteiger partial charge in [-0.2, -0.15) is 0 Å². The fraction of sp³-hybridized carbons (Fsp3) is 0.130. The maximum absolute atomic E-state index is 3.60. The average molecular weight is 490 g/mol. The molecule has 0 radical (unpaired) electrons. The molecule has 0 spiro atoms. The lowest BCUT2D eigenvalue weighted by atomic mass is 10.3. The van der Waals surface area contributed by atoms with Crippen LogP contribution < -0.4 is 32.9 Å². The van der Waals surface area contributed by atoms with Crippen LogP contribution in [0.1, 0.15) is 6.92 Å². The van der Waals surface area contributed by atoms with Crippen molar-refractivity contribution < 1.29 is 17.0 Å². The van der Waals surface area contributed by atoms with E-state index >= 15 is 0 Å². The summed E-state index contributed by atoms with van der Waals surface area (Å²) in [5.41, 5.74) is 1.38. The second-order valence-electron chi connectivity index (χ2n) is 6.18. The quantitative estimate of drug-likeness (QED) is 0.283. The van der Waals surface area contributed by atoms with Crippen molar-refractivity contribution in [3.8, 4) is 0 Å². The minimum Gasteiger partial charge on any atom is -1.00 e. The third-order valence-corrected chi connectivity index (χ3v) is 9.67. The topological polar surface area (TPSA) is 0 Å². The Morgan fingerprint density at radius 1 is 0.731 bits per heavy atom. The second-order valence-corrected chi connectivity index (χ2v) is 10.3.